The Morgan fingerprint density at radius 2 is 1.62 bits per heavy atom. The van der Waals surface area contributed by atoms with Crippen LogP contribution in [0.4, 0.5) is 0 Å². The molecule has 98 valence electrons. The van der Waals surface area contributed by atoms with Crippen molar-refractivity contribution >= 4 is 35.3 Å². The zero-order chi connectivity index (χ0) is 13.4. The summed E-state index contributed by atoms with van der Waals surface area (Å²) in [6.07, 6.45) is 0. The Kier molecular flexibility index (Phi) is 10.2. The molecule has 0 spiro atoms. The third-order valence-electron chi connectivity index (χ3n) is 1.54. The summed E-state index contributed by atoms with van der Waals surface area (Å²) < 4.78 is 23.2. The minimum Gasteiger partial charge on any atom is -0.442 e. The molecule has 0 saturated heterocycles. The second-order valence-corrected chi connectivity index (χ2v) is 16.5. The van der Waals surface area contributed by atoms with Crippen LogP contribution < -0.4 is 0 Å². The average molecular weight is 297 g/mol. The predicted octanol–water partition coefficient (Wildman–Crippen LogP) is 2.68. The lowest BCUT2D eigenvalue weighted by atomic mass is 11.0. The van der Waals surface area contributed by atoms with Crippen LogP contribution in [0.1, 0.15) is 13.8 Å². The van der Waals surface area contributed by atoms with Gasteiger partial charge in [0.2, 0.25) is 0 Å². The lowest BCUT2D eigenvalue weighted by Gasteiger charge is -2.33. The lowest BCUT2D eigenvalue weighted by Crippen LogP contribution is -2.49. The van der Waals surface area contributed by atoms with E-state index in [0.717, 1.165) is 0 Å². The molecular weight excluding hydrogens is 268 g/mol. The summed E-state index contributed by atoms with van der Waals surface area (Å²) in [5, 5.41) is 0. The van der Waals surface area contributed by atoms with Crippen LogP contribution in [-0.4, -0.2) is 35.3 Å². The molecule has 0 heterocycles. The van der Waals surface area contributed by atoms with Gasteiger partial charge in [-0.3, -0.25) is 0 Å². The van der Waals surface area contributed by atoms with Gasteiger partial charge in [-0.1, -0.05) is 20.4 Å². The van der Waals surface area contributed by atoms with E-state index < -0.39 is 35.3 Å². The highest BCUT2D eigenvalue weighted by atomic mass is 28.5. The van der Waals surface area contributed by atoms with E-state index in [2.05, 4.69) is 32.7 Å². The van der Waals surface area contributed by atoms with E-state index in [-0.39, 0.29) is 0 Å². The first-order chi connectivity index (χ1) is 7.18. The second kappa shape index (κ2) is 8.65. The Bertz CT molecular complexity index is 205. The van der Waals surface area contributed by atoms with Gasteiger partial charge in [0.25, 0.3) is 8.68 Å². The maximum atomic E-state index is 11.3. The Morgan fingerprint density at radius 3 is 1.88 bits per heavy atom. The summed E-state index contributed by atoms with van der Waals surface area (Å²) >= 11 is 0. The van der Waals surface area contributed by atoms with Crippen molar-refractivity contribution in [3.8, 4) is 0 Å². The fourth-order valence-corrected chi connectivity index (χ4v) is 15.8. The molecule has 0 aliphatic carbocycles. The smallest absolute Gasteiger partial charge is 0.317 e. The van der Waals surface area contributed by atoms with E-state index in [1.54, 1.807) is 6.55 Å². The molecule has 16 heavy (non-hydrogen) atoms. The zero-order valence-electron chi connectivity index (χ0n) is 12.1. The Balaban J connectivity index is 0. The summed E-state index contributed by atoms with van der Waals surface area (Å²) in [6.45, 7) is 16.4. The van der Waals surface area contributed by atoms with Crippen LogP contribution in [0.25, 0.3) is 0 Å². The standard InChI is InChI=1S/C7H22O3Si4.C2H6/c1-11-9-14(6,7-12(2)8)10-13(3,4)5;1-2/h7,11H2,1-6H3;1-2H3. The fraction of sp³-hybridized carbons (Fsp3) is 1.00. The minimum atomic E-state index is -2.09. The Hall–Kier alpha value is 0.588. The molecule has 0 aliphatic heterocycles. The van der Waals surface area contributed by atoms with Crippen LogP contribution in [-0.2, 0) is 12.7 Å². The summed E-state index contributed by atoms with van der Waals surface area (Å²) in [5.74, 6) is 0. The third kappa shape index (κ3) is 11.1. The first kappa shape index (κ1) is 18.9. The first-order valence-corrected chi connectivity index (χ1v) is 16.1. The van der Waals surface area contributed by atoms with Gasteiger partial charge in [0, 0.05) is 5.67 Å². The SMILES string of the molecule is CC.C[SiH2]O[Si](C)(C[Si](C)=O)O[Si](C)(C)C. The van der Waals surface area contributed by atoms with Crippen molar-refractivity contribution in [1.82, 2.24) is 0 Å². The lowest BCUT2D eigenvalue weighted by molar-refractivity contribution is 0.406. The van der Waals surface area contributed by atoms with Crippen molar-refractivity contribution < 1.29 is 12.7 Å². The molecule has 1 unspecified atom stereocenters. The largest absolute Gasteiger partial charge is 0.442 e. The van der Waals surface area contributed by atoms with Crippen LogP contribution >= 0.6 is 0 Å². The highest BCUT2D eigenvalue weighted by molar-refractivity contribution is 6.87. The van der Waals surface area contributed by atoms with E-state index in [1.165, 1.54) is 0 Å². The molecule has 7 heteroatoms. The predicted molar refractivity (Wildman–Crippen MR) is 80.0 cm³/mol. The molecule has 0 aromatic heterocycles. The van der Waals surface area contributed by atoms with E-state index >= 15 is 0 Å². The van der Waals surface area contributed by atoms with E-state index in [1.807, 2.05) is 13.8 Å². The average Bonchev–Trinajstić information content (AvgIpc) is 2.01. The van der Waals surface area contributed by atoms with Gasteiger partial charge in [-0.15, -0.1) is 0 Å². The summed E-state index contributed by atoms with van der Waals surface area (Å²) in [7, 11) is -5.60. The molecule has 0 aliphatic rings. The molecule has 0 amide bonds. The molecule has 0 rings (SSSR count). The highest BCUT2D eigenvalue weighted by Gasteiger charge is 2.37. The van der Waals surface area contributed by atoms with Gasteiger partial charge in [-0.25, -0.2) is 0 Å². The van der Waals surface area contributed by atoms with Crippen molar-refractivity contribution in [3.05, 3.63) is 0 Å². The first-order valence-electron chi connectivity index (χ1n) is 6.02. The molecule has 3 nitrogen and oxygen atoms in total. The fourth-order valence-electron chi connectivity index (χ4n) is 1.52. The van der Waals surface area contributed by atoms with Crippen LogP contribution in [0, 0.1) is 0 Å². The van der Waals surface area contributed by atoms with Gasteiger partial charge in [-0.05, 0) is 32.7 Å². The molecule has 1 atom stereocenters. The van der Waals surface area contributed by atoms with Crippen molar-refractivity contribution in [2.75, 3.05) is 0 Å². The molecule has 0 bridgehead atoms. The van der Waals surface area contributed by atoms with Crippen LogP contribution in [0.2, 0.25) is 44.9 Å². The third-order valence-corrected chi connectivity index (χ3v) is 13.9. The van der Waals surface area contributed by atoms with E-state index in [0.29, 0.717) is 5.67 Å². The highest BCUT2D eigenvalue weighted by Crippen LogP contribution is 2.19. The Labute approximate surface area is 107 Å². The molecule has 0 saturated carbocycles. The molecule has 0 radical (unpaired) electrons. The monoisotopic (exact) mass is 296 g/mol. The number of rotatable bonds is 6. The van der Waals surface area contributed by atoms with Crippen molar-refractivity contribution in [2.24, 2.45) is 0 Å². The van der Waals surface area contributed by atoms with Gasteiger partial charge in [0.05, 0.1) is 0 Å². The van der Waals surface area contributed by atoms with Crippen LogP contribution in [0.15, 0.2) is 0 Å². The van der Waals surface area contributed by atoms with E-state index in [4.69, 9.17) is 8.23 Å². The van der Waals surface area contributed by atoms with Crippen LogP contribution in [0.5, 0.6) is 0 Å². The summed E-state index contributed by atoms with van der Waals surface area (Å²) in [6, 6.07) is 0. The van der Waals surface area contributed by atoms with Gasteiger partial charge in [0.1, 0.15) is 9.76 Å². The quantitative estimate of drug-likeness (QED) is 0.707. The van der Waals surface area contributed by atoms with Crippen molar-refractivity contribution in [3.63, 3.8) is 0 Å². The summed E-state index contributed by atoms with van der Waals surface area (Å²) in [5.41, 5.74) is 0.683. The molecule has 0 aromatic carbocycles. The second-order valence-electron chi connectivity index (χ2n) is 4.66. The molecule has 0 fully saturated rings. The van der Waals surface area contributed by atoms with Gasteiger partial charge in [0.15, 0.2) is 8.32 Å². The topological polar surface area (TPSA) is 35.5 Å². The van der Waals surface area contributed by atoms with Crippen LogP contribution in [0.3, 0.4) is 0 Å². The molecular formula is C9H28O3Si4. The number of hydrogen-bond acceptors (Lipinski definition) is 3. The van der Waals surface area contributed by atoms with Gasteiger partial charge >= 0.3 is 8.56 Å². The Morgan fingerprint density at radius 1 is 1.19 bits per heavy atom. The number of hydrogen-bond donors (Lipinski definition) is 0. The maximum Gasteiger partial charge on any atom is 0.317 e. The van der Waals surface area contributed by atoms with Gasteiger partial charge < -0.3 is 12.7 Å². The minimum absolute atomic E-state index is 0.466. The zero-order valence-corrected chi connectivity index (χ0v) is 16.6. The molecule has 0 N–H and O–H groups in total. The van der Waals surface area contributed by atoms with Gasteiger partial charge in [-0.2, -0.15) is 0 Å². The van der Waals surface area contributed by atoms with E-state index in [9.17, 15) is 4.46 Å². The molecule has 0 aromatic rings. The van der Waals surface area contributed by atoms with Crippen molar-refractivity contribution in [2.45, 2.75) is 58.8 Å². The summed E-state index contributed by atoms with van der Waals surface area (Å²) in [4.78, 5) is 0. The normalized spacial score (nSPS) is 15.5. The van der Waals surface area contributed by atoms with Crippen molar-refractivity contribution in [1.29, 1.82) is 0 Å². The maximum absolute atomic E-state index is 11.3.